The van der Waals surface area contributed by atoms with Gasteiger partial charge < -0.3 is 15.1 Å². The highest BCUT2D eigenvalue weighted by Crippen LogP contribution is 2.22. The molecule has 0 aliphatic carbocycles. The number of hydrogen-bond acceptors (Lipinski definition) is 3. The Morgan fingerprint density at radius 1 is 1.24 bits per heavy atom. The number of benzene rings is 1. The van der Waals surface area contributed by atoms with E-state index in [0.29, 0.717) is 32.6 Å². The van der Waals surface area contributed by atoms with Crippen LogP contribution in [-0.2, 0) is 4.79 Å². The molecular weight excluding hydrogens is 276 g/mol. The van der Waals surface area contributed by atoms with Gasteiger partial charge in [-0.05, 0) is 32.1 Å². The maximum Gasteiger partial charge on any atom is 0.222 e. The maximum atomic E-state index is 13.7. The Morgan fingerprint density at radius 2 is 1.95 bits per heavy atom. The minimum absolute atomic E-state index is 0.129. The molecule has 0 atom stereocenters. The van der Waals surface area contributed by atoms with Crippen molar-refractivity contribution in [2.75, 3.05) is 44.7 Å². The molecule has 0 bridgehead atoms. The van der Waals surface area contributed by atoms with Gasteiger partial charge in [0.2, 0.25) is 5.91 Å². The van der Waals surface area contributed by atoms with E-state index in [9.17, 15) is 13.6 Å². The molecule has 1 aliphatic rings. The summed E-state index contributed by atoms with van der Waals surface area (Å²) < 4.78 is 26.9. The van der Waals surface area contributed by atoms with Gasteiger partial charge in [0.1, 0.15) is 11.6 Å². The SMILES string of the molecule is CNCCCC(=O)N1CCN(c2cc(F)ccc2F)CC1. The van der Waals surface area contributed by atoms with Gasteiger partial charge >= 0.3 is 0 Å². The minimum Gasteiger partial charge on any atom is -0.366 e. The van der Waals surface area contributed by atoms with E-state index >= 15 is 0 Å². The van der Waals surface area contributed by atoms with Gasteiger partial charge in [-0.15, -0.1) is 0 Å². The summed E-state index contributed by atoms with van der Waals surface area (Å²) in [5.74, 6) is -0.744. The summed E-state index contributed by atoms with van der Waals surface area (Å²) in [5, 5.41) is 3.01. The van der Waals surface area contributed by atoms with Crippen LogP contribution in [0.3, 0.4) is 0 Å². The Bertz CT molecular complexity index is 488. The third kappa shape index (κ3) is 4.14. The van der Waals surface area contributed by atoms with Crippen LogP contribution in [0.1, 0.15) is 12.8 Å². The van der Waals surface area contributed by atoms with E-state index in [1.54, 1.807) is 9.80 Å². The van der Waals surface area contributed by atoms with Gasteiger partial charge in [0, 0.05) is 38.7 Å². The van der Waals surface area contributed by atoms with Crippen molar-refractivity contribution >= 4 is 11.6 Å². The average molecular weight is 297 g/mol. The molecule has 2 rings (SSSR count). The summed E-state index contributed by atoms with van der Waals surface area (Å²) >= 11 is 0. The molecule has 1 aromatic rings. The van der Waals surface area contributed by atoms with Crippen molar-refractivity contribution in [2.45, 2.75) is 12.8 Å². The predicted octanol–water partition coefficient (Wildman–Crippen LogP) is 1.61. The lowest BCUT2D eigenvalue weighted by Gasteiger charge is -2.36. The smallest absolute Gasteiger partial charge is 0.222 e. The van der Waals surface area contributed by atoms with Gasteiger partial charge in [-0.25, -0.2) is 8.78 Å². The summed E-state index contributed by atoms with van der Waals surface area (Å²) in [6.45, 7) is 2.97. The van der Waals surface area contributed by atoms with Crippen molar-refractivity contribution in [1.82, 2.24) is 10.2 Å². The third-order valence-electron chi connectivity index (χ3n) is 3.70. The number of amides is 1. The predicted molar refractivity (Wildman–Crippen MR) is 78.3 cm³/mol. The second-order valence-corrected chi connectivity index (χ2v) is 5.17. The topological polar surface area (TPSA) is 35.6 Å². The molecular formula is C15H21F2N3O. The van der Waals surface area contributed by atoms with Crippen molar-refractivity contribution in [3.05, 3.63) is 29.8 Å². The summed E-state index contributed by atoms with van der Waals surface area (Å²) in [6.07, 6.45) is 1.34. The van der Waals surface area contributed by atoms with Crippen LogP contribution < -0.4 is 10.2 Å². The zero-order chi connectivity index (χ0) is 15.2. The Morgan fingerprint density at radius 3 is 2.62 bits per heavy atom. The number of carbonyl (C=O) groups is 1. The van der Waals surface area contributed by atoms with E-state index in [1.165, 1.54) is 6.07 Å². The van der Waals surface area contributed by atoms with Crippen LogP contribution in [0.5, 0.6) is 0 Å². The molecule has 0 unspecified atom stereocenters. The van der Waals surface area contributed by atoms with E-state index in [4.69, 9.17) is 0 Å². The molecule has 6 heteroatoms. The third-order valence-corrected chi connectivity index (χ3v) is 3.70. The maximum absolute atomic E-state index is 13.7. The van der Waals surface area contributed by atoms with Crippen LogP contribution >= 0.6 is 0 Å². The summed E-state index contributed by atoms with van der Waals surface area (Å²) in [5.41, 5.74) is 0.275. The van der Waals surface area contributed by atoms with Gasteiger partial charge in [-0.1, -0.05) is 0 Å². The second kappa shape index (κ2) is 7.36. The molecule has 116 valence electrons. The van der Waals surface area contributed by atoms with Crippen LogP contribution in [0.2, 0.25) is 0 Å². The molecule has 1 aromatic carbocycles. The largest absolute Gasteiger partial charge is 0.366 e. The Labute approximate surface area is 123 Å². The fourth-order valence-corrected chi connectivity index (χ4v) is 2.50. The van der Waals surface area contributed by atoms with Gasteiger partial charge in [0.25, 0.3) is 0 Å². The van der Waals surface area contributed by atoms with Crippen molar-refractivity contribution in [3.63, 3.8) is 0 Å². The second-order valence-electron chi connectivity index (χ2n) is 5.17. The summed E-state index contributed by atoms with van der Waals surface area (Å²) in [6, 6.07) is 3.46. The van der Waals surface area contributed by atoms with Crippen LogP contribution in [0, 0.1) is 11.6 Å². The van der Waals surface area contributed by atoms with E-state index in [1.807, 2.05) is 7.05 Å². The number of nitrogens with zero attached hydrogens (tertiary/aromatic N) is 2. The first kappa shape index (κ1) is 15.7. The fourth-order valence-electron chi connectivity index (χ4n) is 2.50. The normalized spacial score (nSPS) is 15.4. The molecule has 0 spiro atoms. The van der Waals surface area contributed by atoms with Crippen LogP contribution in [0.15, 0.2) is 18.2 Å². The number of carbonyl (C=O) groups excluding carboxylic acids is 1. The molecule has 4 nitrogen and oxygen atoms in total. The molecule has 1 amide bonds. The number of hydrogen-bond donors (Lipinski definition) is 1. The lowest BCUT2D eigenvalue weighted by atomic mass is 10.2. The van der Waals surface area contributed by atoms with Crippen LogP contribution in [0.25, 0.3) is 0 Å². The molecule has 0 saturated carbocycles. The first-order valence-electron chi connectivity index (χ1n) is 7.24. The monoisotopic (exact) mass is 297 g/mol. The highest BCUT2D eigenvalue weighted by atomic mass is 19.1. The van der Waals surface area contributed by atoms with Gasteiger partial charge in [-0.2, -0.15) is 0 Å². The van der Waals surface area contributed by atoms with E-state index in [-0.39, 0.29) is 11.6 Å². The standard InChI is InChI=1S/C15H21F2N3O/c1-18-6-2-3-15(21)20-9-7-19(8-10-20)14-11-12(16)4-5-13(14)17/h4-5,11,18H,2-3,6-10H2,1H3. The van der Waals surface area contributed by atoms with Crippen molar-refractivity contribution < 1.29 is 13.6 Å². The summed E-state index contributed by atoms with van der Waals surface area (Å²) in [4.78, 5) is 15.6. The Balaban J connectivity index is 1.88. The van der Waals surface area contributed by atoms with Crippen LogP contribution in [0.4, 0.5) is 14.5 Å². The highest BCUT2D eigenvalue weighted by molar-refractivity contribution is 5.76. The molecule has 1 aliphatic heterocycles. The first-order valence-corrected chi connectivity index (χ1v) is 7.24. The molecule has 1 N–H and O–H groups in total. The molecule has 0 radical (unpaired) electrons. The number of halogens is 2. The lowest BCUT2D eigenvalue weighted by Crippen LogP contribution is -2.49. The molecule has 1 heterocycles. The molecule has 21 heavy (non-hydrogen) atoms. The first-order chi connectivity index (χ1) is 10.1. The zero-order valence-electron chi connectivity index (χ0n) is 12.2. The molecule has 1 fully saturated rings. The van der Waals surface area contributed by atoms with E-state index in [0.717, 1.165) is 25.1 Å². The van der Waals surface area contributed by atoms with E-state index < -0.39 is 11.6 Å². The number of anilines is 1. The number of rotatable bonds is 5. The highest BCUT2D eigenvalue weighted by Gasteiger charge is 2.22. The Kier molecular flexibility index (Phi) is 5.50. The van der Waals surface area contributed by atoms with E-state index in [2.05, 4.69) is 5.32 Å². The molecule has 0 aromatic heterocycles. The fraction of sp³-hybridized carbons (Fsp3) is 0.533. The van der Waals surface area contributed by atoms with Crippen LogP contribution in [-0.4, -0.2) is 50.6 Å². The van der Waals surface area contributed by atoms with Crippen molar-refractivity contribution in [2.24, 2.45) is 0 Å². The van der Waals surface area contributed by atoms with Gasteiger partial charge in [-0.3, -0.25) is 4.79 Å². The average Bonchev–Trinajstić information content (AvgIpc) is 2.50. The molecule has 1 saturated heterocycles. The summed E-state index contributed by atoms with van der Waals surface area (Å²) in [7, 11) is 1.86. The van der Waals surface area contributed by atoms with Crippen molar-refractivity contribution in [1.29, 1.82) is 0 Å². The number of piperazine rings is 1. The number of nitrogens with one attached hydrogen (secondary N) is 1. The van der Waals surface area contributed by atoms with Gasteiger partial charge in [0.05, 0.1) is 5.69 Å². The zero-order valence-corrected chi connectivity index (χ0v) is 12.2. The Hall–Kier alpha value is -1.69. The van der Waals surface area contributed by atoms with Gasteiger partial charge in [0.15, 0.2) is 0 Å². The lowest BCUT2D eigenvalue weighted by molar-refractivity contribution is -0.131. The minimum atomic E-state index is -0.447. The quantitative estimate of drug-likeness (QED) is 0.839. The van der Waals surface area contributed by atoms with Crippen molar-refractivity contribution in [3.8, 4) is 0 Å².